The first-order chi connectivity index (χ1) is 15.9. The van der Waals surface area contributed by atoms with E-state index in [-0.39, 0.29) is 0 Å². The number of aryl methyl sites for hydroxylation is 1. The van der Waals surface area contributed by atoms with Crippen molar-refractivity contribution in [1.82, 2.24) is 24.7 Å². The van der Waals surface area contributed by atoms with Gasteiger partial charge in [0.05, 0.1) is 11.9 Å². The molecule has 0 bridgehead atoms. The molecule has 0 aliphatic heterocycles. The highest BCUT2D eigenvalue weighted by Crippen LogP contribution is 2.30. The number of hydrogen-bond acceptors (Lipinski definition) is 6. The van der Waals surface area contributed by atoms with Gasteiger partial charge in [-0.2, -0.15) is 4.98 Å². The van der Waals surface area contributed by atoms with Gasteiger partial charge in [0.2, 0.25) is 11.7 Å². The highest BCUT2D eigenvalue weighted by Gasteiger charge is 2.14. The first kappa shape index (κ1) is 20.2. The zero-order valence-electron chi connectivity index (χ0n) is 17.3. The van der Waals surface area contributed by atoms with Gasteiger partial charge in [0.25, 0.3) is 0 Å². The summed E-state index contributed by atoms with van der Waals surface area (Å²) in [6.07, 6.45) is 7.03. The Bertz CT molecular complexity index is 1270. The van der Waals surface area contributed by atoms with Crippen LogP contribution < -0.4 is 0 Å². The van der Waals surface area contributed by atoms with Crippen LogP contribution in [0.3, 0.4) is 0 Å². The van der Waals surface area contributed by atoms with Crippen LogP contribution in [0.5, 0.6) is 0 Å². The van der Waals surface area contributed by atoms with Gasteiger partial charge in [0.1, 0.15) is 0 Å². The maximum atomic E-state index is 5.41. The number of hydrogen-bond donors (Lipinski definition) is 0. The number of thioether (sulfide) groups is 1. The lowest BCUT2D eigenvalue weighted by Gasteiger charge is -2.12. The molecular weight excluding hydrogens is 418 g/mol. The molecule has 5 rings (SSSR count). The van der Waals surface area contributed by atoms with Crippen molar-refractivity contribution in [1.29, 1.82) is 0 Å². The fraction of sp³-hybridized carbons (Fsp3) is 0.120. The fourth-order valence-corrected chi connectivity index (χ4v) is 4.37. The number of pyridine rings is 1. The third kappa shape index (κ3) is 4.48. The molecule has 0 saturated carbocycles. The molecular formula is C25H21N5OS. The number of imidazole rings is 1. The molecule has 0 amide bonds. The average molecular weight is 440 g/mol. The summed E-state index contributed by atoms with van der Waals surface area (Å²) in [5, 5.41) is 5.05. The van der Waals surface area contributed by atoms with E-state index in [2.05, 4.69) is 68.2 Å². The maximum absolute atomic E-state index is 5.41. The number of rotatable bonds is 8. The molecule has 0 radical (unpaired) electrons. The predicted molar refractivity (Wildman–Crippen MR) is 126 cm³/mol. The topological polar surface area (TPSA) is 69.6 Å². The summed E-state index contributed by atoms with van der Waals surface area (Å²) < 4.78 is 7.63. The Labute approximate surface area is 190 Å². The van der Waals surface area contributed by atoms with Crippen molar-refractivity contribution < 1.29 is 4.52 Å². The van der Waals surface area contributed by atoms with Gasteiger partial charge in [-0.05, 0) is 30.7 Å². The molecule has 5 aromatic rings. The average Bonchev–Trinajstić information content (AvgIpc) is 3.51. The van der Waals surface area contributed by atoms with Crippen molar-refractivity contribution >= 4 is 11.8 Å². The van der Waals surface area contributed by atoms with E-state index in [1.807, 2.05) is 30.5 Å². The van der Waals surface area contributed by atoms with E-state index in [0.717, 1.165) is 46.3 Å². The lowest BCUT2D eigenvalue weighted by molar-refractivity contribution is 0.378. The third-order valence-electron chi connectivity index (χ3n) is 4.99. The Morgan fingerprint density at radius 2 is 1.59 bits per heavy atom. The fourth-order valence-electron chi connectivity index (χ4n) is 3.44. The molecule has 3 heterocycles. The minimum atomic E-state index is 0.599. The van der Waals surface area contributed by atoms with Crippen molar-refractivity contribution in [2.24, 2.45) is 0 Å². The normalized spacial score (nSPS) is 11.0. The smallest absolute Gasteiger partial charge is 0.226 e. The molecule has 32 heavy (non-hydrogen) atoms. The molecule has 158 valence electrons. The second-order valence-corrected chi connectivity index (χ2v) is 8.22. The lowest BCUT2D eigenvalue weighted by atomic mass is 10.1. The lowest BCUT2D eigenvalue weighted by Crippen LogP contribution is -1.99. The highest BCUT2D eigenvalue weighted by molar-refractivity contribution is 7.99. The second-order valence-electron chi connectivity index (χ2n) is 7.16. The van der Waals surface area contributed by atoms with E-state index >= 15 is 0 Å². The number of benzene rings is 2. The summed E-state index contributed by atoms with van der Waals surface area (Å²) >= 11 is 1.73. The second kappa shape index (κ2) is 9.62. The maximum Gasteiger partial charge on any atom is 0.226 e. The van der Waals surface area contributed by atoms with Gasteiger partial charge < -0.3 is 4.52 Å². The molecule has 7 heteroatoms. The molecule has 0 spiro atoms. The number of para-hydroxylation sites is 1. The largest absolute Gasteiger partial charge is 0.339 e. The van der Waals surface area contributed by atoms with Crippen molar-refractivity contribution in [3.8, 4) is 28.3 Å². The molecule has 0 saturated heterocycles. The first-order valence-corrected chi connectivity index (χ1v) is 11.4. The van der Waals surface area contributed by atoms with Crippen LogP contribution in [0, 0.1) is 0 Å². The summed E-state index contributed by atoms with van der Waals surface area (Å²) in [7, 11) is 0. The van der Waals surface area contributed by atoms with Crippen molar-refractivity contribution in [3.05, 3.63) is 97.3 Å². The van der Waals surface area contributed by atoms with E-state index in [0.29, 0.717) is 11.7 Å². The number of aromatic nitrogens is 5. The zero-order chi connectivity index (χ0) is 21.6. The Morgan fingerprint density at radius 3 is 2.38 bits per heavy atom. The predicted octanol–water partition coefficient (Wildman–Crippen LogP) is 5.71. The van der Waals surface area contributed by atoms with Crippen molar-refractivity contribution in [2.75, 3.05) is 5.75 Å². The molecule has 0 N–H and O–H groups in total. The van der Waals surface area contributed by atoms with Crippen LogP contribution in [-0.4, -0.2) is 30.4 Å². The van der Waals surface area contributed by atoms with Gasteiger partial charge in [-0.1, -0.05) is 65.4 Å². The van der Waals surface area contributed by atoms with Crippen molar-refractivity contribution in [2.45, 2.75) is 18.0 Å². The van der Waals surface area contributed by atoms with E-state index in [1.54, 1.807) is 24.2 Å². The van der Waals surface area contributed by atoms with Crippen molar-refractivity contribution in [3.63, 3.8) is 0 Å². The first-order valence-electron chi connectivity index (χ1n) is 10.4. The molecule has 0 aliphatic rings. The van der Waals surface area contributed by atoms with Crippen LogP contribution in [0.4, 0.5) is 0 Å². The van der Waals surface area contributed by atoms with E-state index in [1.165, 1.54) is 0 Å². The van der Waals surface area contributed by atoms with Gasteiger partial charge >= 0.3 is 0 Å². The van der Waals surface area contributed by atoms with Crippen LogP contribution >= 0.6 is 11.8 Å². The van der Waals surface area contributed by atoms with Crippen LogP contribution in [0.2, 0.25) is 0 Å². The van der Waals surface area contributed by atoms with Gasteiger partial charge in [-0.3, -0.25) is 9.55 Å². The summed E-state index contributed by atoms with van der Waals surface area (Å²) in [5.41, 5.74) is 4.23. The van der Waals surface area contributed by atoms with Gasteiger partial charge in [0, 0.05) is 41.4 Å². The summed E-state index contributed by atoms with van der Waals surface area (Å²) in [6.45, 7) is 0. The molecule has 0 atom stereocenters. The Balaban J connectivity index is 1.28. The minimum Gasteiger partial charge on any atom is -0.339 e. The van der Waals surface area contributed by atoms with E-state index in [9.17, 15) is 0 Å². The van der Waals surface area contributed by atoms with Crippen LogP contribution in [0.25, 0.3) is 28.3 Å². The van der Waals surface area contributed by atoms with Gasteiger partial charge in [-0.25, -0.2) is 4.98 Å². The van der Waals surface area contributed by atoms with Crippen LogP contribution in [0.15, 0.2) is 101 Å². The van der Waals surface area contributed by atoms with Gasteiger partial charge in [0.15, 0.2) is 5.16 Å². The van der Waals surface area contributed by atoms with Crippen LogP contribution in [-0.2, 0) is 6.42 Å². The Morgan fingerprint density at radius 1 is 0.844 bits per heavy atom. The number of nitrogens with zero attached hydrogens (tertiary/aromatic N) is 5. The highest BCUT2D eigenvalue weighted by atomic mass is 32.2. The summed E-state index contributed by atoms with van der Waals surface area (Å²) in [5.74, 6) is 2.14. The standard InChI is InChI=1S/C25H21N5OS/c1-3-8-19(9-4-1)22-18-27-25(30(22)21-10-5-2-6-11-21)32-17-7-12-23-28-24(29-31-23)20-13-15-26-16-14-20/h1-6,8-11,13-16,18H,7,12,17H2. The summed E-state index contributed by atoms with van der Waals surface area (Å²) in [4.78, 5) is 13.2. The SMILES string of the molecule is c1ccc(-c2cnc(SCCCc3nc(-c4ccncc4)no3)n2-c2ccccc2)cc1. The van der Waals surface area contributed by atoms with E-state index in [4.69, 9.17) is 9.51 Å². The molecule has 0 aliphatic carbocycles. The molecule has 6 nitrogen and oxygen atoms in total. The van der Waals surface area contributed by atoms with Crippen LogP contribution in [0.1, 0.15) is 12.3 Å². The third-order valence-corrected chi connectivity index (χ3v) is 6.03. The molecule has 3 aromatic heterocycles. The monoisotopic (exact) mass is 439 g/mol. The quantitative estimate of drug-likeness (QED) is 0.228. The minimum absolute atomic E-state index is 0.599. The Kier molecular flexibility index (Phi) is 6.07. The molecule has 0 fully saturated rings. The molecule has 2 aromatic carbocycles. The Hall–Kier alpha value is -3.71. The summed E-state index contributed by atoms with van der Waals surface area (Å²) in [6, 6.07) is 24.4. The molecule has 0 unspecified atom stereocenters. The van der Waals surface area contributed by atoms with E-state index < -0.39 is 0 Å². The zero-order valence-corrected chi connectivity index (χ0v) is 18.2. The van der Waals surface area contributed by atoms with Gasteiger partial charge in [-0.15, -0.1) is 0 Å².